The number of rotatable bonds is 8. The summed E-state index contributed by atoms with van der Waals surface area (Å²) < 4.78 is 56.2. The van der Waals surface area contributed by atoms with Crippen LogP contribution in [0.3, 0.4) is 0 Å². The Morgan fingerprint density at radius 1 is 0.960 bits per heavy atom. The van der Waals surface area contributed by atoms with E-state index < -0.39 is 15.8 Å². The second kappa shape index (κ2) is 8.28. The summed E-state index contributed by atoms with van der Waals surface area (Å²) >= 11 is 0. The molecule has 0 saturated carbocycles. The molecule has 2 rings (SSSR count). The highest BCUT2D eigenvalue weighted by Crippen LogP contribution is 2.31. The molecule has 0 aliphatic heterocycles. The van der Waals surface area contributed by atoms with Crippen LogP contribution in [0.15, 0.2) is 41.3 Å². The van der Waals surface area contributed by atoms with Gasteiger partial charge in [-0.2, -0.15) is 0 Å². The molecular weight excluding hydrogens is 349 g/mol. The largest absolute Gasteiger partial charge is 0.495 e. The van der Waals surface area contributed by atoms with Crippen molar-refractivity contribution in [3.8, 4) is 22.6 Å². The number of methoxy groups -OCH3 is 3. The zero-order valence-corrected chi connectivity index (χ0v) is 15.0. The van der Waals surface area contributed by atoms with Gasteiger partial charge in [-0.1, -0.05) is 12.1 Å². The van der Waals surface area contributed by atoms with Gasteiger partial charge in [0.25, 0.3) is 0 Å². The highest BCUT2D eigenvalue weighted by Gasteiger charge is 2.20. The molecule has 0 saturated heterocycles. The van der Waals surface area contributed by atoms with Gasteiger partial charge in [-0.25, -0.2) is 17.5 Å². The number of benzene rings is 2. The van der Waals surface area contributed by atoms with Crippen LogP contribution in [-0.4, -0.2) is 42.9 Å². The number of hydrogen-bond acceptors (Lipinski definition) is 5. The Labute approximate surface area is 146 Å². The predicted octanol–water partition coefficient (Wildman–Crippen LogP) is 2.43. The average molecular weight is 369 g/mol. The van der Waals surface area contributed by atoms with Gasteiger partial charge in [0.1, 0.15) is 10.6 Å². The van der Waals surface area contributed by atoms with Gasteiger partial charge in [0.2, 0.25) is 10.0 Å². The third-order valence-electron chi connectivity index (χ3n) is 3.54. The third kappa shape index (κ3) is 4.47. The van der Waals surface area contributed by atoms with Crippen molar-refractivity contribution < 1.29 is 27.0 Å². The normalized spacial score (nSPS) is 11.4. The topological polar surface area (TPSA) is 73.9 Å². The lowest BCUT2D eigenvalue weighted by Crippen LogP contribution is -2.27. The summed E-state index contributed by atoms with van der Waals surface area (Å²) in [6.07, 6.45) is 0. The first-order valence-electron chi connectivity index (χ1n) is 7.43. The van der Waals surface area contributed by atoms with Crippen LogP contribution in [-0.2, 0) is 14.8 Å². The molecule has 0 radical (unpaired) electrons. The highest BCUT2D eigenvalue weighted by atomic mass is 32.2. The summed E-state index contributed by atoms with van der Waals surface area (Å²) in [4.78, 5) is -0.0279. The monoisotopic (exact) mass is 369 g/mol. The Balaban J connectivity index is 2.44. The van der Waals surface area contributed by atoms with Crippen molar-refractivity contribution in [3.63, 3.8) is 0 Å². The van der Waals surface area contributed by atoms with Crippen molar-refractivity contribution >= 4 is 10.0 Å². The van der Waals surface area contributed by atoms with E-state index in [1.165, 1.54) is 45.6 Å². The first-order valence-corrected chi connectivity index (χ1v) is 8.92. The molecule has 0 amide bonds. The Morgan fingerprint density at radius 2 is 1.56 bits per heavy atom. The van der Waals surface area contributed by atoms with Crippen LogP contribution in [0.1, 0.15) is 0 Å². The first kappa shape index (κ1) is 19.2. The number of ether oxygens (including phenoxy) is 3. The molecule has 2 aromatic rings. The molecule has 25 heavy (non-hydrogen) atoms. The van der Waals surface area contributed by atoms with Crippen LogP contribution in [0.2, 0.25) is 0 Å². The lowest BCUT2D eigenvalue weighted by atomic mass is 10.1. The average Bonchev–Trinajstić information content (AvgIpc) is 2.61. The fourth-order valence-corrected chi connectivity index (χ4v) is 3.47. The number of hydrogen-bond donors (Lipinski definition) is 1. The van der Waals surface area contributed by atoms with Crippen LogP contribution < -0.4 is 14.2 Å². The van der Waals surface area contributed by atoms with E-state index in [0.717, 1.165) is 0 Å². The second-order valence-electron chi connectivity index (χ2n) is 5.11. The van der Waals surface area contributed by atoms with E-state index in [-0.39, 0.29) is 29.5 Å². The lowest BCUT2D eigenvalue weighted by molar-refractivity contribution is 0.204. The molecule has 0 fully saturated rings. The quantitative estimate of drug-likeness (QED) is 0.724. The van der Waals surface area contributed by atoms with Crippen molar-refractivity contribution in [3.05, 3.63) is 42.2 Å². The highest BCUT2D eigenvalue weighted by molar-refractivity contribution is 7.89. The van der Waals surface area contributed by atoms with Crippen LogP contribution >= 0.6 is 0 Å². The summed E-state index contributed by atoms with van der Waals surface area (Å²) in [7, 11) is 0.440. The zero-order chi connectivity index (χ0) is 18.4. The SMILES string of the molecule is COCCNS(=O)(=O)c1cc(-c2ccc(OC)c(F)c2)ccc1OC. The molecule has 6 nitrogen and oxygen atoms in total. The summed E-state index contributed by atoms with van der Waals surface area (Å²) in [6.45, 7) is 0.369. The molecule has 0 unspecified atom stereocenters. The van der Waals surface area contributed by atoms with E-state index in [2.05, 4.69) is 4.72 Å². The van der Waals surface area contributed by atoms with Gasteiger partial charge in [-0.05, 0) is 35.4 Å². The minimum atomic E-state index is -3.80. The van der Waals surface area contributed by atoms with Crippen LogP contribution in [0.4, 0.5) is 4.39 Å². The summed E-state index contributed by atoms with van der Waals surface area (Å²) in [5, 5.41) is 0. The first-order chi connectivity index (χ1) is 11.9. The molecule has 0 aromatic heterocycles. The molecule has 0 atom stereocenters. The molecular formula is C17H20FNO5S. The fourth-order valence-electron chi connectivity index (χ4n) is 2.27. The summed E-state index contributed by atoms with van der Waals surface area (Å²) in [5.74, 6) is -0.215. The summed E-state index contributed by atoms with van der Waals surface area (Å²) in [5.41, 5.74) is 1.06. The van der Waals surface area contributed by atoms with Gasteiger partial charge in [0.05, 0.1) is 20.8 Å². The molecule has 2 aromatic carbocycles. The van der Waals surface area contributed by atoms with E-state index >= 15 is 0 Å². The molecule has 8 heteroatoms. The summed E-state index contributed by atoms with van der Waals surface area (Å²) in [6, 6.07) is 9.06. The van der Waals surface area contributed by atoms with E-state index in [0.29, 0.717) is 11.1 Å². The molecule has 0 heterocycles. The van der Waals surface area contributed by atoms with E-state index in [1.54, 1.807) is 12.1 Å². The van der Waals surface area contributed by atoms with E-state index in [4.69, 9.17) is 14.2 Å². The second-order valence-corrected chi connectivity index (χ2v) is 6.84. The lowest BCUT2D eigenvalue weighted by Gasteiger charge is -2.13. The molecule has 136 valence electrons. The van der Waals surface area contributed by atoms with Crippen molar-refractivity contribution in [2.75, 3.05) is 34.5 Å². The Hall–Kier alpha value is -2.16. The zero-order valence-electron chi connectivity index (χ0n) is 14.2. The Morgan fingerprint density at radius 3 is 2.12 bits per heavy atom. The van der Waals surface area contributed by atoms with E-state index in [9.17, 15) is 12.8 Å². The van der Waals surface area contributed by atoms with Gasteiger partial charge in [-0.3, -0.25) is 0 Å². The number of sulfonamides is 1. The van der Waals surface area contributed by atoms with Gasteiger partial charge >= 0.3 is 0 Å². The maximum absolute atomic E-state index is 13.9. The van der Waals surface area contributed by atoms with Crippen molar-refractivity contribution in [1.29, 1.82) is 0 Å². The molecule has 0 aliphatic carbocycles. The minimum absolute atomic E-state index is 0.0279. The van der Waals surface area contributed by atoms with Crippen molar-refractivity contribution in [2.45, 2.75) is 4.90 Å². The Bertz CT molecular complexity index is 839. The number of halogens is 1. The van der Waals surface area contributed by atoms with Gasteiger partial charge in [0.15, 0.2) is 11.6 Å². The minimum Gasteiger partial charge on any atom is -0.495 e. The van der Waals surface area contributed by atoms with Crippen molar-refractivity contribution in [1.82, 2.24) is 4.72 Å². The Kier molecular flexibility index (Phi) is 6.35. The van der Waals surface area contributed by atoms with Gasteiger partial charge in [0, 0.05) is 13.7 Å². The predicted molar refractivity (Wildman–Crippen MR) is 92.0 cm³/mol. The molecule has 1 N–H and O–H groups in total. The standard InChI is InChI=1S/C17H20FNO5S/c1-22-9-8-19-25(20,21)17-11-13(5-7-16(17)24-3)12-4-6-15(23-2)14(18)10-12/h4-7,10-11,19H,8-9H2,1-3H3. The maximum Gasteiger partial charge on any atom is 0.244 e. The van der Waals surface area contributed by atoms with E-state index in [1.807, 2.05) is 0 Å². The molecule has 0 bridgehead atoms. The van der Waals surface area contributed by atoms with Crippen LogP contribution in [0.5, 0.6) is 11.5 Å². The van der Waals surface area contributed by atoms with Crippen LogP contribution in [0.25, 0.3) is 11.1 Å². The van der Waals surface area contributed by atoms with Gasteiger partial charge < -0.3 is 14.2 Å². The maximum atomic E-state index is 13.9. The van der Waals surface area contributed by atoms with Gasteiger partial charge in [-0.15, -0.1) is 0 Å². The van der Waals surface area contributed by atoms with Crippen molar-refractivity contribution in [2.24, 2.45) is 0 Å². The third-order valence-corrected chi connectivity index (χ3v) is 5.02. The molecule has 0 spiro atoms. The smallest absolute Gasteiger partial charge is 0.244 e. The van der Waals surface area contributed by atoms with Crippen LogP contribution in [0, 0.1) is 5.82 Å². The fraction of sp³-hybridized carbons (Fsp3) is 0.294. The number of nitrogens with one attached hydrogen (secondary N) is 1. The molecule has 0 aliphatic rings.